The molecule has 0 aliphatic carbocycles. The summed E-state index contributed by atoms with van der Waals surface area (Å²) in [5.41, 5.74) is 0. The Kier molecular flexibility index (Phi) is 4.33. The van der Waals surface area contributed by atoms with Crippen LogP contribution >= 0.6 is 58.2 Å². The van der Waals surface area contributed by atoms with Crippen LogP contribution in [0.5, 0.6) is 0 Å². The van der Waals surface area contributed by atoms with E-state index in [1.165, 1.54) is 11.8 Å². The molecule has 0 fully saturated rings. The van der Waals surface area contributed by atoms with Gasteiger partial charge in [0.05, 0.1) is 10.0 Å². The fraction of sp³-hybridized carbons (Fsp3) is 0. The highest BCUT2D eigenvalue weighted by Gasteiger charge is 2.09. The van der Waals surface area contributed by atoms with Crippen molar-refractivity contribution in [1.82, 2.24) is 15.2 Å². The summed E-state index contributed by atoms with van der Waals surface area (Å²) >= 11 is 24.5. The van der Waals surface area contributed by atoms with Crippen LogP contribution in [-0.2, 0) is 0 Å². The van der Waals surface area contributed by atoms with Gasteiger partial charge in [0.1, 0.15) is 5.03 Å². The molecule has 0 unspecified atom stereocenters. The SMILES string of the molecule is Clc1nnc(Cl)c(Sc2ccc(Cl)c(Cl)c2)n1. The zero-order chi connectivity index (χ0) is 12.4. The fourth-order valence-corrected chi connectivity index (χ4v) is 2.52. The van der Waals surface area contributed by atoms with E-state index in [4.69, 9.17) is 46.4 Å². The Morgan fingerprint density at radius 2 is 1.71 bits per heavy atom. The van der Waals surface area contributed by atoms with Gasteiger partial charge in [-0.2, -0.15) is 0 Å². The Labute approximate surface area is 121 Å². The van der Waals surface area contributed by atoms with Gasteiger partial charge in [0.2, 0.25) is 5.28 Å². The molecule has 1 aromatic heterocycles. The lowest BCUT2D eigenvalue weighted by Gasteiger charge is -2.03. The molecule has 0 amide bonds. The van der Waals surface area contributed by atoms with Gasteiger partial charge in [-0.3, -0.25) is 0 Å². The molecule has 88 valence electrons. The first-order valence-electron chi connectivity index (χ1n) is 4.25. The van der Waals surface area contributed by atoms with Crippen LogP contribution in [0.4, 0.5) is 0 Å². The summed E-state index contributed by atoms with van der Waals surface area (Å²) in [5, 5.41) is 8.81. The summed E-state index contributed by atoms with van der Waals surface area (Å²) in [5.74, 6) is 0. The van der Waals surface area contributed by atoms with E-state index in [9.17, 15) is 0 Å². The molecule has 0 aliphatic heterocycles. The van der Waals surface area contributed by atoms with Crippen molar-refractivity contribution in [1.29, 1.82) is 0 Å². The Balaban J connectivity index is 2.31. The molecule has 0 atom stereocenters. The van der Waals surface area contributed by atoms with E-state index in [0.717, 1.165) is 4.90 Å². The Bertz CT molecular complexity index is 564. The van der Waals surface area contributed by atoms with Crippen molar-refractivity contribution in [2.75, 3.05) is 0 Å². The molecule has 0 N–H and O–H groups in total. The summed E-state index contributed by atoms with van der Waals surface area (Å²) in [6.45, 7) is 0. The van der Waals surface area contributed by atoms with Crippen LogP contribution in [0.3, 0.4) is 0 Å². The third-order valence-electron chi connectivity index (χ3n) is 1.70. The highest BCUT2D eigenvalue weighted by Crippen LogP contribution is 2.34. The molecule has 0 spiro atoms. The second-order valence-electron chi connectivity index (χ2n) is 2.85. The molecule has 0 bridgehead atoms. The topological polar surface area (TPSA) is 38.7 Å². The van der Waals surface area contributed by atoms with E-state index < -0.39 is 0 Å². The fourth-order valence-electron chi connectivity index (χ4n) is 0.997. The number of halogens is 4. The lowest BCUT2D eigenvalue weighted by atomic mass is 10.4. The smallest absolute Gasteiger partial charge is 0.206 e. The normalized spacial score (nSPS) is 10.6. The quantitative estimate of drug-likeness (QED) is 0.806. The molecule has 17 heavy (non-hydrogen) atoms. The largest absolute Gasteiger partial charge is 0.244 e. The first kappa shape index (κ1) is 13.2. The summed E-state index contributed by atoms with van der Waals surface area (Å²) in [6.07, 6.45) is 0. The average Bonchev–Trinajstić information content (AvgIpc) is 2.29. The van der Waals surface area contributed by atoms with Crippen molar-refractivity contribution in [3.05, 3.63) is 38.7 Å². The highest BCUT2D eigenvalue weighted by molar-refractivity contribution is 7.99. The minimum atomic E-state index is 0.0389. The van der Waals surface area contributed by atoms with Crippen molar-refractivity contribution in [2.24, 2.45) is 0 Å². The molecule has 0 aliphatic rings. The standard InChI is InChI=1S/C9H3Cl4N3S/c10-5-2-1-4(3-6(5)11)17-8-7(12)15-16-9(13)14-8/h1-3H. The summed E-state index contributed by atoms with van der Waals surface area (Å²) in [6, 6.07) is 5.20. The third kappa shape index (κ3) is 3.36. The van der Waals surface area contributed by atoms with Crippen LogP contribution in [0, 0.1) is 0 Å². The molecule has 3 nitrogen and oxygen atoms in total. The van der Waals surface area contributed by atoms with Crippen LogP contribution in [0.25, 0.3) is 0 Å². The van der Waals surface area contributed by atoms with E-state index in [1.54, 1.807) is 18.2 Å². The average molecular weight is 327 g/mol. The predicted octanol–water partition coefficient (Wildman–Crippen LogP) is 4.64. The molecule has 2 rings (SSSR count). The van der Waals surface area contributed by atoms with Crippen LogP contribution in [0.1, 0.15) is 0 Å². The predicted molar refractivity (Wildman–Crippen MR) is 70.4 cm³/mol. The maximum atomic E-state index is 5.90. The van der Waals surface area contributed by atoms with Crippen LogP contribution in [-0.4, -0.2) is 15.2 Å². The van der Waals surface area contributed by atoms with Gasteiger partial charge in [0.15, 0.2) is 5.15 Å². The van der Waals surface area contributed by atoms with Gasteiger partial charge >= 0.3 is 0 Å². The minimum Gasteiger partial charge on any atom is -0.206 e. The molecule has 1 heterocycles. The molecule has 2 aromatic rings. The summed E-state index contributed by atoms with van der Waals surface area (Å²) < 4.78 is 0. The van der Waals surface area contributed by atoms with E-state index in [1.807, 2.05) is 0 Å². The molecule has 1 aromatic carbocycles. The Morgan fingerprint density at radius 1 is 0.941 bits per heavy atom. The van der Waals surface area contributed by atoms with Crippen LogP contribution in [0.15, 0.2) is 28.1 Å². The van der Waals surface area contributed by atoms with Crippen LogP contribution in [0.2, 0.25) is 20.5 Å². The van der Waals surface area contributed by atoms with E-state index in [0.29, 0.717) is 15.1 Å². The number of aromatic nitrogens is 3. The maximum absolute atomic E-state index is 5.90. The maximum Gasteiger partial charge on any atom is 0.244 e. The first-order chi connectivity index (χ1) is 8.06. The van der Waals surface area contributed by atoms with E-state index >= 15 is 0 Å². The lowest BCUT2D eigenvalue weighted by molar-refractivity contribution is 0.904. The van der Waals surface area contributed by atoms with Crippen molar-refractivity contribution in [3.63, 3.8) is 0 Å². The van der Waals surface area contributed by atoms with E-state index in [2.05, 4.69) is 15.2 Å². The molecular weight excluding hydrogens is 324 g/mol. The van der Waals surface area contributed by atoms with Gasteiger partial charge in [0.25, 0.3) is 0 Å². The van der Waals surface area contributed by atoms with Gasteiger partial charge in [-0.05, 0) is 29.8 Å². The number of hydrogen-bond acceptors (Lipinski definition) is 4. The second kappa shape index (κ2) is 5.59. The molecule has 0 saturated carbocycles. The summed E-state index contributed by atoms with van der Waals surface area (Å²) in [4.78, 5) is 4.80. The molecule has 8 heteroatoms. The van der Waals surface area contributed by atoms with Gasteiger partial charge in [-0.25, -0.2) is 4.98 Å². The molecular formula is C9H3Cl4N3S. The van der Waals surface area contributed by atoms with Gasteiger partial charge in [-0.1, -0.05) is 46.6 Å². The molecule has 0 saturated heterocycles. The van der Waals surface area contributed by atoms with Crippen molar-refractivity contribution in [2.45, 2.75) is 9.92 Å². The van der Waals surface area contributed by atoms with Crippen molar-refractivity contribution >= 4 is 58.2 Å². The summed E-state index contributed by atoms with van der Waals surface area (Å²) in [7, 11) is 0. The lowest BCUT2D eigenvalue weighted by Crippen LogP contribution is -1.91. The highest BCUT2D eigenvalue weighted by atomic mass is 35.5. The number of nitrogens with zero attached hydrogens (tertiary/aromatic N) is 3. The number of benzene rings is 1. The minimum absolute atomic E-state index is 0.0389. The van der Waals surface area contributed by atoms with E-state index in [-0.39, 0.29) is 10.4 Å². The zero-order valence-corrected chi connectivity index (χ0v) is 11.8. The van der Waals surface area contributed by atoms with Crippen molar-refractivity contribution < 1.29 is 0 Å². The van der Waals surface area contributed by atoms with Gasteiger partial charge in [0, 0.05) is 4.90 Å². The molecule has 0 radical (unpaired) electrons. The monoisotopic (exact) mass is 325 g/mol. The zero-order valence-electron chi connectivity index (χ0n) is 7.99. The second-order valence-corrected chi connectivity index (χ2v) is 5.43. The Hall–Kier alpha value is -0.260. The van der Waals surface area contributed by atoms with Crippen molar-refractivity contribution in [3.8, 4) is 0 Å². The Morgan fingerprint density at radius 3 is 2.41 bits per heavy atom. The first-order valence-corrected chi connectivity index (χ1v) is 6.57. The van der Waals surface area contributed by atoms with Gasteiger partial charge < -0.3 is 0 Å². The number of rotatable bonds is 2. The van der Waals surface area contributed by atoms with Gasteiger partial charge in [-0.15, -0.1) is 10.2 Å². The number of hydrogen-bond donors (Lipinski definition) is 0. The van der Waals surface area contributed by atoms with Crippen LogP contribution < -0.4 is 0 Å². The third-order valence-corrected chi connectivity index (χ3v) is 3.93.